The van der Waals surface area contributed by atoms with E-state index in [0.29, 0.717) is 23.9 Å². The normalized spacial score (nSPS) is 25.6. The molecule has 1 saturated heterocycles. The molecule has 0 amide bonds. The van der Waals surface area contributed by atoms with Gasteiger partial charge in [0.2, 0.25) is 10.0 Å². The number of hydrogen-bond donors (Lipinski definition) is 2. The number of aromatic amines is 1. The number of nitrogens with two attached hydrogens (primary N) is 1. The summed E-state index contributed by atoms with van der Waals surface area (Å²) < 4.78 is 27.3. The van der Waals surface area contributed by atoms with Gasteiger partial charge in [-0.25, -0.2) is 8.42 Å². The van der Waals surface area contributed by atoms with Crippen LogP contribution in [-0.2, 0) is 16.6 Å². The van der Waals surface area contributed by atoms with Gasteiger partial charge < -0.3 is 10.7 Å². The molecule has 6 heteroatoms. The third kappa shape index (κ3) is 2.40. The number of hydrogen-bond acceptors (Lipinski definition) is 3. The zero-order chi connectivity index (χ0) is 14.2. The Morgan fingerprint density at radius 1 is 1.25 bits per heavy atom. The van der Waals surface area contributed by atoms with Gasteiger partial charge in [0.1, 0.15) is 0 Å². The van der Waals surface area contributed by atoms with Crippen LogP contribution in [0.2, 0.25) is 0 Å². The third-order valence-corrected chi connectivity index (χ3v) is 6.64. The molecule has 1 atom stereocenters. The van der Waals surface area contributed by atoms with Gasteiger partial charge in [-0.05, 0) is 37.7 Å². The van der Waals surface area contributed by atoms with Crippen LogP contribution < -0.4 is 5.73 Å². The Kier molecular flexibility index (Phi) is 3.88. The van der Waals surface area contributed by atoms with E-state index in [1.165, 1.54) is 25.7 Å². The molecule has 0 aromatic carbocycles. The van der Waals surface area contributed by atoms with E-state index in [9.17, 15) is 8.42 Å². The van der Waals surface area contributed by atoms with E-state index in [2.05, 4.69) is 4.98 Å². The zero-order valence-electron chi connectivity index (χ0n) is 11.7. The fourth-order valence-corrected chi connectivity index (χ4v) is 5.47. The molecule has 1 saturated carbocycles. The maximum atomic E-state index is 12.8. The lowest BCUT2D eigenvalue weighted by Crippen LogP contribution is -2.39. The van der Waals surface area contributed by atoms with Gasteiger partial charge in [-0.2, -0.15) is 4.31 Å². The van der Waals surface area contributed by atoms with E-state index >= 15 is 0 Å². The Hall–Kier alpha value is -0.850. The van der Waals surface area contributed by atoms with Gasteiger partial charge in [-0.3, -0.25) is 0 Å². The van der Waals surface area contributed by atoms with Crippen LogP contribution in [0.5, 0.6) is 0 Å². The highest BCUT2D eigenvalue weighted by molar-refractivity contribution is 7.89. The summed E-state index contributed by atoms with van der Waals surface area (Å²) >= 11 is 0. The van der Waals surface area contributed by atoms with Gasteiger partial charge in [-0.15, -0.1) is 0 Å². The van der Waals surface area contributed by atoms with Crippen molar-refractivity contribution in [1.82, 2.24) is 9.29 Å². The largest absolute Gasteiger partial charge is 0.363 e. The number of rotatable bonds is 4. The minimum Gasteiger partial charge on any atom is -0.363 e. The first-order valence-corrected chi connectivity index (χ1v) is 8.96. The van der Waals surface area contributed by atoms with Crippen molar-refractivity contribution >= 4 is 10.0 Å². The lowest BCUT2D eigenvalue weighted by molar-refractivity contribution is 0.288. The van der Waals surface area contributed by atoms with Crippen molar-refractivity contribution in [1.29, 1.82) is 0 Å². The van der Waals surface area contributed by atoms with Crippen molar-refractivity contribution < 1.29 is 8.42 Å². The first-order chi connectivity index (χ1) is 9.63. The van der Waals surface area contributed by atoms with E-state index in [-0.39, 0.29) is 6.04 Å². The Morgan fingerprint density at radius 3 is 2.65 bits per heavy atom. The lowest BCUT2D eigenvalue weighted by Gasteiger charge is -2.28. The van der Waals surface area contributed by atoms with Crippen molar-refractivity contribution in [3.63, 3.8) is 0 Å². The summed E-state index contributed by atoms with van der Waals surface area (Å²) in [6.45, 7) is 0.994. The van der Waals surface area contributed by atoms with E-state index < -0.39 is 10.0 Å². The standard InChI is InChI=1S/C14H23N3O2S/c15-9-12-8-13(10-16-12)20(18,19)17-7-3-6-14(17)11-4-1-2-5-11/h8,10-11,14,16H,1-7,9,15H2. The number of aromatic nitrogens is 1. The fourth-order valence-electron chi connectivity index (χ4n) is 3.70. The van der Waals surface area contributed by atoms with Crippen molar-refractivity contribution in [2.75, 3.05) is 6.54 Å². The molecule has 2 heterocycles. The second-order valence-corrected chi connectivity index (χ2v) is 7.83. The molecule has 0 spiro atoms. The highest BCUT2D eigenvalue weighted by Crippen LogP contribution is 2.38. The van der Waals surface area contributed by atoms with Gasteiger partial charge in [0.05, 0.1) is 4.90 Å². The Bertz CT molecular complexity index is 561. The molecule has 2 aliphatic rings. The summed E-state index contributed by atoms with van der Waals surface area (Å²) in [5.74, 6) is 0.556. The molecule has 3 N–H and O–H groups in total. The molecule has 1 aliphatic heterocycles. The van der Waals surface area contributed by atoms with Gasteiger partial charge in [0.15, 0.2) is 0 Å². The molecule has 1 unspecified atom stereocenters. The molecule has 1 aliphatic carbocycles. The second kappa shape index (κ2) is 5.50. The average molecular weight is 297 g/mol. The van der Waals surface area contributed by atoms with E-state index in [4.69, 9.17) is 5.73 Å². The number of H-pyrrole nitrogens is 1. The summed E-state index contributed by atoms with van der Waals surface area (Å²) in [6.07, 6.45) is 8.41. The van der Waals surface area contributed by atoms with Crippen LogP contribution in [0.15, 0.2) is 17.2 Å². The molecule has 3 rings (SSSR count). The molecule has 1 aromatic heterocycles. The minimum absolute atomic E-state index is 0.207. The molecule has 0 radical (unpaired) electrons. The number of nitrogens with zero attached hydrogens (tertiary/aromatic N) is 1. The van der Waals surface area contributed by atoms with E-state index in [1.807, 2.05) is 0 Å². The SMILES string of the molecule is NCc1cc(S(=O)(=O)N2CCCC2C2CCCC2)c[nH]1. The monoisotopic (exact) mass is 297 g/mol. The van der Waals surface area contributed by atoms with Crippen LogP contribution >= 0.6 is 0 Å². The molecule has 112 valence electrons. The summed E-state index contributed by atoms with van der Waals surface area (Å²) in [7, 11) is -3.37. The van der Waals surface area contributed by atoms with E-state index in [1.54, 1.807) is 16.6 Å². The maximum absolute atomic E-state index is 12.8. The zero-order valence-corrected chi connectivity index (χ0v) is 12.5. The molecule has 2 fully saturated rings. The Labute approximate surface area is 120 Å². The van der Waals surface area contributed by atoms with Crippen LogP contribution in [-0.4, -0.2) is 30.3 Å². The molecule has 20 heavy (non-hydrogen) atoms. The van der Waals surface area contributed by atoms with Crippen LogP contribution in [0.4, 0.5) is 0 Å². The van der Waals surface area contributed by atoms with Crippen LogP contribution in [0.3, 0.4) is 0 Å². The molecule has 0 bridgehead atoms. The first-order valence-electron chi connectivity index (χ1n) is 7.52. The van der Waals surface area contributed by atoms with Crippen LogP contribution in [0, 0.1) is 5.92 Å². The Balaban J connectivity index is 1.85. The fraction of sp³-hybridized carbons (Fsp3) is 0.714. The highest BCUT2D eigenvalue weighted by Gasteiger charge is 2.40. The molecular formula is C14H23N3O2S. The quantitative estimate of drug-likeness (QED) is 0.889. The number of nitrogens with one attached hydrogen (secondary N) is 1. The van der Waals surface area contributed by atoms with Gasteiger partial charge >= 0.3 is 0 Å². The van der Waals surface area contributed by atoms with Crippen molar-refractivity contribution in [3.05, 3.63) is 18.0 Å². The third-order valence-electron chi connectivity index (χ3n) is 4.74. The van der Waals surface area contributed by atoms with Crippen molar-refractivity contribution in [2.45, 2.75) is 56.0 Å². The minimum atomic E-state index is -3.37. The smallest absolute Gasteiger partial charge is 0.244 e. The predicted octanol–water partition coefficient (Wildman–Crippen LogP) is 1.82. The molecule has 1 aromatic rings. The van der Waals surface area contributed by atoms with Gasteiger partial charge in [0.25, 0.3) is 0 Å². The summed E-state index contributed by atoms with van der Waals surface area (Å²) in [5, 5.41) is 0. The summed E-state index contributed by atoms with van der Waals surface area (Å²) in [6, 6.07) is 1.87. The second-order valence-electron chi connectivity index (χ2n) is 5.93. The van der Waals surface area contributed by atoms with Crippen LogP contribution in [0.25, 0.3) is 0 Å². The topological polar surface area (TPSA) is 79.2 Å². The maximum Gasteiger partial charge on any atom is 0.244 e. The van der Waals surface area contributed by atoms with Gasteiger partial charge in [0, 0.05) is 31.0 Å². The van der Waals surface area contributed by atoms with Gasteiger partial charge in [-0.1, -0.05) is 12.8 Å². The van der Waals surface area contributed by atoms with Crippen molar-refractivity contribution in [2.24, 2.45) is 11.7 Å². The predicted molar refractivity (Wildman–Crippen MR) is 77.6 cm³/mol. The summed E-state index contributed by atoms with van der Waals surface area (Å²) in [5.41, 5.74) is 6.31. The highest BCUT2D eigenvalue weighted by atomic mass is 32.2. The van der Waals surface area contributed by atoms with Crippen LogP contribution in [0.1, 0.15) is 44.2 Å². The lowest BCUT2D eigenvalue weighted by atomic mass is 9.97. The Morgan fingerprint density at radius 2 is 2.00 bits per heavy atom. The average Bonchev–Trinajstić information content (AvgIpc) is 3.17. The molecular weight excluding hydrogens is 274 g/mol. The van der Waals surface area contributed by atoms with Crippen molar-refractivity contribution in [3.8, 4) is 0 Å². The summed E-state index contributed by atoms with van der Waals surface area (Å²) in [4.78, 5) is 3.30. The first kappa shape index (κ1) is 14.1. The molecule has 5 nitrogen and oxygen atoms in total. The van der Waals surface area contributed by atoms with E-state index in [0.717, 1.165) is 18.5 Å². The number of sulfonamides is 1.